The van der Waals surface area contributed by atoms with Gasteiger partial charge in [-0.15, -0.1) is 0 Å². The fourth-order valence-corrected chi connectivity index (χ4v) is 1.72. The van der Waals surface area contributed by atoms with E-state index in [0.717, 1.165) is 5.75 Å². The minimum atomic E-state index is -1.33. The van der Waals surface area contributed by atoms with E-state index in [4.69, 9.17) is 0 Å². The van der Waals surface area contributed by atoms with Crippen molar-refractivity contribution >= 4 is 22.8 Å². The minimum Gasteiger partial charge on any atom is -0.368 e. The summed E-state index contributed by atoms with van der Waals surface area (Å²) >= 11 is 1.42. The summed E-state index contributed by atoms with van der Waals surface area (Å²) in [4.78, 5) is 15.8. The van der Waals surface area contributed by atoms with Gasteiger partial charge >= 0.3 is 0 Å². The Bertz CT molecular complexity index is 285. The van der Waals surface area contributed by atoms with Crippen molar-refractivity contribution in [3.8, 4) is 0 Å². The maximum absolute atomic E-state index is 11.7. The van der Waals surface area contributed by atoms with E-state index in [9.17, 15) is 9.90 Å². The number of aliphatic imine (C=N–C) groups is 1. The van der Waals surface area contributed by atoms with E-state index < -0.39 is 11.1 Å². The number of carbonyl (C=O) groups excluding carboxylic acids is 1. The summed E-state index contributed by atoms with van der Waals surface area (Å²) in [5, 5.41) is 13.2. The Hall–Kier alpha value is -0.550. The molecule has 80 valence electrons. The van der Waals surface area contributed by atoms with E-state index in [-0.39, 0.29) is 5.91 Å². The van der Waals surface area contributed by atoms with Crippen LogP contribution in [0.5, 0.6) is 0 Å². The molecule has 1 aliphatic rings. The third-order valence-corrected chi connectivity index (χ3v) is 3.33. The molecule has 4 nitrogen and oxygen atoms in total. The van der Waals surface area contributed by atoms with Crippen LogP contribution in [0.2, 0.25) is 0 Å². The summed E-state index contributed by atoms with van der Waals surface area (Å²) in [6.07, 6.45) is 0. The Morgan fingerprint density at radius 3 is 2.50 bits per heavy atom. The van der Waals surface area contributed by atoms with Crippen molar-refractivity contribution in [1.29, 1.82) is 0 Å². The summed E-state index contributed by atoms with van der Waals surface area (Å²) < 4.78 is 0. The van der Waals surface area contributed by atoms with Crippen LogP contribution >= 0.6 is 11.8 Å². The summed E-state index contributed by atoms with van der Waals surface area (Å²) in [7, 11) is 0. The summed E-state index contributed by atoms with van der Waals surface area (Å²) in [6.45, 7) is 6.88. The molecule has 0 spiro atoms. The molecule has 5 heteroatoms. The van der Waals surface area contributed by atoms with E-state index in [1.807, 2.05) is 6.92 Å². The molecule has 0 aromatic heterocycles. The number of nitrogens with zero attached hydrogens (tertiary/aromatic N) is 1. The Balaban J connectivity index is 3.01. The van der Waals surface area contributed by atoms with Gasteiger partial charge in [0, 0.05) is 0 Å². The van der Waals surface area contributed by atoms with Crippen molar-refractivity contribution < 1.29 is 9.90 Å². The lowest BCUT2D eigenvalue weighted by molar-refractivity contribution is -0.143. The topological polar surface area (TPSA) is 61.7 Å². The number of thioether (sulfide) groups is 1. The highest BCUT2D eigenvalue weighted by Crippen LogP contribution is 2.35. The van der Waals surface area contributed by atoms with Crippen molar-refractivity contribution in [3.05, 3.63) is 0 Å². The molecule has 1 atom stereocenters. The van der Waals surface area contributed by atoms with E-state index in [1.165, 1.54) is 11.8 Å². The number of aliphatic hydroxyl groups is 1. The van der Waals surface area contributed by atoms with Crippen LogP contribution in [-0.4, -0.2) is 27.7 Å². The fourth-order valence-electron chi connectivity index (χ4n) is 1.04. The Kier molecular flexibility index (Phi) is 2.92. The van der Waals surface area contributed by atoms with Crippen molar-refractivity contribution in [2.75, 3.05) is 5.75 Å². The number of rotatable bonds is 1. The first-order valence-electron chi connectivity index (χ1n) is 4.57. The van der Waals surface area contributed by atoms with Crippen LogP contribution in [0.4, 0.5) is 0 Å². The molecule has 1 amide bonds. The zero-order valence-corrected chi connectivity index (χ0v) is 9.73. The van der Waals surface area contributed by atoms with Crippen LogP contribution in [0, 0.1) is 5.41 Å². The maximum atomic E-state index is 11.7. The van der Waals surface area contributed by atoms with E-state index in [0.29, 0.717) is 5.17 Å². The van der Waals surface area contributed by atoms with Crippen LogP contribution in [0.25, 0.3) is 0 Å². The Morgan fingerprint density at radius 1 is 1.50 bits per heavy atom. The van der Waals surface area contributed by atoms with Gasteiger partial charge in [-0.25, -0.2) is 4.99 Å². The molecule has 0 radical (unpaired) electrons. The van der Waals surface area contributed by atoms with Gasteiger partial charge in [0.15, 0.2) is 10.9 Å². The second-order valence-electron chi connectivity index (χ2n) is 3.95. The number of nitrogens with one attached hydrogen (secondary N) is 1. The molecule has 0 aliphatic carbocycles. The first-order valence-corrected chi connectivity index (χ1v) is 5.56. The second kappa shape index (κ2) is 3.55. The average molecular weight is 216 g/mol. The van der Waals surface area contributed by atoms with Gasteiger partial charge in [0.05, 0.1) is 5.41 Å². The van der Waals surface area contributed by atoms with Crippen LogP contribution < -0.4 is 5.32 Å². The molecular formula is C9H16N2O2S. The minimum absolute atomic E-state index is 0.187. The Morgan fingerprint density at radius 2 is 2.07 bits per heavy atom. The van der Waals surface area contributed by atoms with Gasteiger partial charge in [-0.2, -0.15) is 0 Å². The van der Waals surface area contributed by atoms with E-state index >= 15 is 0 Å². The SMILES string of the molecule is CCSC1=NC(C)(O)C(C)(C)C(=O)N1. The second-order valence-corrected chi connectivity index (χ2v) is 5.20. The maximum Gasteiger partial charge on any atom is 0.236 e. The number of hydrogen-bond acceptors (Lipinski definition) is 4. The zero-order chi connectivity index (χ0) is 11.0. The number of amidine groups is 1. The molecule has 14 heavy (non-hydrogen) atoms. The number of hydrogen-bond donors (Lipinski definition) is 2. The Labute approximate surface area is 88.2 Å². The van der Waals surface area contributed by atoms with Crippen molar-refractivity contribution in [2.24, 2.45) is 10.4 Å². The van der Waals surface area contributed by atoms with Gasteiger partial charge in [0.2, 0.25) is 5.91 Å². The lowest BCUT2D eigenvalue weighted by Crippen LogP contribution is -2.56. The first-order chi connectivity index (χ1) is 6.31. The zero-order valence-electron chi connectivity index (χ0n) is 8.92. The molecule has 1 rings (SSSR count). The lowest BCUT2D eigenvalue weighted by atomic mass is 9.80. The highest BCUT2D eigenvalue weighted by Gasteiger charge is 2.48. The molecule has 1 aliphatic heterocycles. The van der Waals surface area contributed by atoms with Gasteiger partial charge < -0.3 is 10.4 Å². The fraction of sp³-hybridized carbons (Fsp3) is 0.778. The van der Waals surface area contributed by atoms with Crippen molar-refractivity contribution in [3.63, 3.8) is 0 Å². The summed E-state index contributed by atoms with van der Waals surface area (Å²) in [5.74, 6) is 0.628. The predicted octanol–water partition coefficient (Wildman–Crippen LogP) is 0.960. The van der Waals surface area contributed by atoms with Gasteiger partial charge in [-0.3, -0.25) is 4.79 Å². The van der Waals surface area contributed by atoms with Gasteiger partial charge in [-0.05, 0) is 26.5 Å². The average Bonchev–Trinajstić information content (AvgIpc) is 2.01. The van der Waals surface area contributed by atoms with Crippen molar-refractivity contribution in [2.45, 2.75) is 33.4 Å². The highest BCUT2D eigenvalue weighted by atomic mass is 32.2. The first kappa shape index (κ1) is 11.5. The van der Waals surface area contributed by atoms with Gasteiger partial charge in [-0.1, -0.05) is 18.7 Å². The van der Waals surface area contributed by atoms with E-state index in [2.05, 4.69) is 10.3 Å². The predicted molar refractivity (Wildman–Crippen MR) is 58.1 cm³/mol. The molecule has 0 saturated heterocycles. The molecule has 1 unspecified atom stereocenters. The normalized spacial score (nSPS) is 30.9. The molecule has 0 bridgehead atoms. The summed E-state index contributed by atoms with van der Waals surface area (Å²) in [5.41, 5.74) is -2.21. The quantitative estimate of drug-likeness (QED) is 0.686. The smallest absolute Gasteiger partial charge is 0.236 e. The summed E-state index contributed by atoms with van der Waals surface area (Å²) in [6, 6.07) is 0. The van der Waals surface area contributed by atoms with Crippen LogP contribution in [0.1, 0.15) is 27.7 Å². The molecule has 0 fully saturated rings. The molecule has 0 aromatic carbocycles. The highest BCUT2D eigenvalue weighted by molar-refractivity contribution is 8.13. The van der Waals surface area contributed by atoms with Crippen LogP contribution in [0.15, 0.2) is 4.99 Å². The standard InChI is InChI=1S/C9H16N2O2S/c1-5-14-7-10-6(12)8(2,3)9(4,13)11-7/h13H,5H2,1-4H3,(H,10,11,12). The van der Waals surface area contributed by atoms with Crippen LogP contribution in [-0.2, 0) is 4.79 Å². The van der Waals surface area contributed by atoms with Crippen LogP contribution in [0.3, 0.4) is 0 Å². The third kappa shape index (κ3) is 1.79. The molecular weight excluding hydrogens is 200 g/mol. The monoisotopic (exact) mass is 216 g/mol. The molecule has 0 aromatic rings. The number of amides is 1. The largest absolute Gasteiger partial charge is 0.368 e. The molecule has 1 heterocycles. The molecule has 2 N–H and O–H groups in total. The number of carbonyl (C=O) groups is 1. The van der Waals surface area contributed by atoms with Gasteiger partial charge in [0.25, 0.3) is 0 Å². The van der Waals surface area contributed by atoms with Crippen molar-refractivity contribution in [1.82, 2.24) is 5.32 Å². The lowest BCUT2D eigenvalue weighted by Gasteiger charge is -2.39. The third-order valence-electron chi connectivity index (χ3n) is 2.57. The van der Waals surface area contributed by atoms with E-state index in [1.54, 1.807) is 20.8 Å². The van der Waals surface area contributed by atoms with Gasteiger partial charge in [0.1, 0.15) is 0 Å². The molecule has 0 saturated carbocycles.